The number of hydrogen-bond acceptors (Lipinski definition) is 2. The Bertz CT molecular complexity index is 639. The van der Waals surface area contributed by atoms with Gasteiger partial charge in [-0.25, -0.2) is 9.40 Å². The number of amides is 2. The van der Waals surface area contributed by atoms with Crippen molar-refractivity contribution in [2.75, 3.05) is 0 Å². The van der Waals surface area contributed by atoms with Gasteiger partial charge in [0.05, 0.1) is 5.54 Å². The van der Waals surface area contributed by atoms with Crippen molar-refractivity contribution in [2.24, 2.45) is 0 Å². The molecule has 0 heterocycles. The number of hydrogen-bond donors (Lipinski definition) is 1. The van der Waals surface area contributed by atoms with Crippen LogP contribution in [0.15, 0.2) is 24.3 Å². The summed E-state index contributed by atoms with van der Waals surface area (Å²) in [5.41, 5.74) is 2.02. The smallest absolute Gasteiger partial charge is 0.267 e. The lowest BCUT2D eigenvalue weighted by molar-refractivity contribution is -0.132. The summed E-state index contributed by atoms with van der Waals surface area (Å²) in [5, 5.41) is 1.19. The third-order valence-corrected chi connectivity index (χ3v) is 3.27. The lowest BCUT2D eigenvalue weighted by Crippen LogP contribution is -2.55. The molecular weight excluding hydrogens is 307 g/mol. The maximum Gasteiger partial charge on any atom is 0.317 e. The van der Waals surface area contributed by atoms with Crippen LogP contribution < -0.4 is 5.43 Å². The largest absolute Gasteiger partial charge is 0.317 e. The molecule has 4 nitrogen and oxygen atoms in total. The number of carbonyl (C=O) groups is 2. The SMILES string of the molecule is CCCCCC#CC(=O)N(NC(=O)c1cccc(F)c1)C(C)(C)C. The first-order valence-electron chi connectivity index (χ1n) is 8.15. The van der Waals surface area contributed by atoms with Crippen molar-refractivity contribution in [1.82, 2.24) is 10.4 Å². The van der Waals surface area contributed by atoms with E-state index < -0.39 is 23.2 Å². The van der Waals surface area contributed by atoms with Crippen molar-refractivity contribution >= 4 is 11.8 Å². The van der Waals surface area contributed by atoms with Gasteiger partial charge in [-0.1, -0.05) is 31.8 Å². The predicted molar refractivity (Wildman–Crippen MR) is 92.4 cm³/mol. The van der Waals surface area contributed by atoms with E-state index in [-0.39, 0.29) is 5.56 Å². The van der Waals surface area contributed by atoms with Crippen molar-refractivity contribution in [3.63, 3.8) is 0 Å². The lowest BCUT2D eigenvalue weighted by atomic mass is 10.1. The van der Waals surface area contributed by atoms with Gasteiger partial charge in [0.1, 0.15) is 5.82 Å². The maximum absolute atomic E-state index is 13.2. The molecule has 0 aliphatic carbocycles. The molecule has 2 amide bonds. The first-order valence-corrected chi connectivity index (χ1v) is 8.15. The molecule has 0 unspecified atom stereocenters. The van der Waals surface area contributed by atoms with Crippen LogP contribution in [0.1, 0.15) is 63.7 Å². The Labute approximate surface area is 143 Å². The highest BCUT2D eigenvalue weighted by Gasteiger charge is 2.27. The number of halogens is 1. The van der Waals surface area contributed by atoms with Crippen molar-refractivity contribution in [3.05, 3.63) is 35.6 Å². The van der Waals surface area contributed by atoms with Crippen LogP contribution in [-0.4, -0.2) is 22.4 Å². The molecule has 5 heteroatoms. The fraction of sp³-hybridized carbons (Fsp3) is 0.474. The fourth-order valence-electron chi connectivity index (χ4n) is 1.98. The molecular formula is C19H25FN2O2. The van der Waals surface area contributed by atoms with Crippen LogP contribution in [0.2, 0.25) is 0 Å². The number of hydrazine groups is 1. The molecule has 0 aromatic heterocycles. The van der Waals surface area contributed by atoms with Crippen LogP contribution in [0.25, 0.3) is 0 Å². The van der Waals surface area contributed by atoms with Crippen LogP contribution in [0.3, 0.4) is 0 Å². The zero-order valence-corrected chi connectivity index (χ0v) is 14.8. The van der Waals surface area contributed by atoms with Gasteiger partial charge in [0.2, 0.25) is 0 Å². The quantitative estimate of drug-likeness (QED) is 0.519. The van der Waals surface area contributed by atoms with Gasteiger partial charge in [0.15, 0.2) is 0 Å². The normalized spacial score (nSPS) is 10.5. The zero-order chi connectivity index (χ0) is 18.2. The van der Waals surface area contributed by atoms with E-state index in [1.165, 1.54) is 23.2 Å². The molecule has 0 fully saturated rings. The van der Waals surface area contributed by atoms with Crippen LogP contribution >= 0.6 is 0 Å². The van der Waals surface area contributed by atoms with E-state index in [1.54, 1.807) is 20.8 Å². The molecule has 24 heavy (non-hydrogen) atoms. The Balaban J connectivity index is 2.82. The van der Waals surface area contributed by atoms with Gasteiger partial charge < -0.3 is 0 Å². The summed E-state index contributed by atoms with van der Waals surface area (Å²) >= 11 is 0. The second-order valence-corrected chi connectivity index (χ2v) is 6.52. The summed E-state index contributed by atoms with van der Waals surface area (Å²) in [5.74, 6) is 3.87. The molecule has 0 saturated carbocycles. The molecule has 1 aromatic rings. The molecule has 0 atom stereocenters. The van der Waals surface area contributed by atoms with E-state index in [4.69, 9.17) is 0 Å². The maximum atomic E-state index is 13.2. The first kappa shape index (κ1) is 19.7. The molecule has 0 aliphatic rings. The lowest BCUT2D eigenvalue weighted by Gasteiger charge is -2.33. The second kappa shape index (κ2) is 9.07. The molecule has 0 saturated heterocycles. The van der Waals surface area contributed by atoms with E-state index in [0.717, 1.165) is 25.3 Å². The summed E-state index contributed by atoms with van der Waals surface area (Å²) in [7, 11) is 0. The van der Waals surface area contributed by atoms with Crippen LogP contribution in [0, 0.1) is 17.7 Å². The van der Waals surface area contributed by atoms with Crippen LogP contribution in [0.5, 0.6) is 0 Å². The number of unbranched alkanes of at least 4 members (excludes halogenated alkanes) is 3. The summed E-state index contributed by atoms with van der Waals surface area (Å²) in [6, 6.07) is 5.31. The monoisotopic (exact) mass is 332 g/mol. The van der Waals surface area contributed by atoms with Gasteiger partial charge in [-0.3, -0.25) is 15.0 Å². The summed E-state index contributed by atoms with van der Waals surface area (Å²) in [6.45, 7) is 7.46. The number of nitrogens with zero attached hydrogens (tertiary/aromatic N) is 1. The summed E-state index contributed by atoms with van der Waals surface area (Å²) in [4.78, 5) is 24.6. The Hall–Kier alpha value is -2.35. The van der Waals surface area contributed by atoms with E-state index in [0.29, 0.717) is 6.42 Å². The van der Waals surface area contributed by atoms with E-state index >= 15 is 0 Å². The summed E-state index contributed by atoms with van der Waals surface area (Å²) in [6.07, 6.45) is 3.76. The number of rotatable bonds is 4. The molecule has 1 aromatic carbocycles. The second-order valence-electron chi connectivity index (χ2n) is 6.52. The molecule has 1 rings (SSSR count). The molecule has 0 bridgehead atoms. The predicted octanol–water partition coefficient (Wildman–Crippen LogP) is 3.68. The Morgan fingerprint density at radius 3 is 2.54 bits per heavy atom. The average molecular weight is 332 g/mol. The molecule has 0 spiro atoms. The fourth-order valence-corrected chi connectivity index (χ4v) is 1.98. The minimum Gasteiger partial charge on any atom is -0.267 e. The molecule has 130 valence electrons. The molecule has 0 aliphatic heterocycles. The number of nitrogens with one attached hydrogen (secondary N) is 1. The molecule has 0 radical (unpaired) electrons. The highest BCUT2D eigenvalue weighted by atomic mass is 19.1. The minimum atomic E-state index is -0.655. The van der Waals surface area contributed by atoms with Crippen LogP contribution in [0.4, 0.5) is 4.39 Å². The van der Waals surface area contributed by atoms with Gasteiger partial charge in [-0.05, 0) is 51.3 Å². The standard InChI is InChI=1S/C19H25FN2O2/c1-5-6-7-8-9-13-17(23)22(19(2,3)4)21-18(24)15-11-10-12-16(20)14-15/h10-12,14H,5-8H2,1-4H3,(H,21,24). The van der Waals surface area contributed by atoms with Gasteiger partial charge in [-0.15, -0.1) is 0 Å². The number of benzene rings is 1. The van der Waals surface area contributed by atoms with Crippen molar-refractivity contribution in [1.29, 1.82) is 0 Å². The van der Waals surface area contributed by atoms with Gasteiger partial charge in [-0.2, -0.15) is 0 Å². The van der Waals surface area contributed by atoms with Gasteiger partial charge in [0, 0.05) is 12.0 Å². The zero-order valence-electron chi connectivity index (χ0n) is 14.8. The third kappa shape index (κ3) is 6.41. The number of carbonyl (C=O) groups excluding carboxylic acids is 2. The van der Waals surface area contributed by atoms with Crippen molar-refractivity contribution < 1.29 is 14.0 Å². The Morgan fingerprint density at radius 1 is 1.25 bits per heavy atom. The highest BCUT2D eigenvalue weighted by molar-refractivity contribution is 5.99. The summed E-state index contributed by atoms with van der Waals surface area (Å²) < 4.78 is 13.2. The van der Waals surface area contributed by atoms with Crippen LogP contribution in [-0.2, 0) is 4.79 Å². The first-order chi connectivity index (χ1) is 11.3. The third-order valence-electron chi connectivity index (χ3n) is 3.27. The topological polar surface area (TPSA) is 49.4 Å². The van der Waals surface area contributed by atoms with E-state index in [2.05, 4.69) is 24.2 Å². The van der Waals surface area contributed by atoms with Gasteiger partial charge in [0.25, 0.3) is 5.91 Å². The molecule has 1 N–H and O–H groups in total. The van der Waals surface area contributed by atoms with Gasteiger partial charge >= 0.3 is 5.91 Å². The van der Waals surface area contributed by atoms with Crippen molar-refractivity contribution in [3.8, 4) is 11.8 Å². The highest BCUT2D eigenvalue weighted by Crippen LogP contribution is 2.12. The Kier molecular flexibility index (Phi) is 7.44. The van der Waals surface area contributed by atoms with Crippen molar-refractivity contribution in [2.45, 2.75) is 58.9 Å². The Morgan fingerprint density at radius 2 is 1.96 bits per heavy atom. The van der Waals surface area contributed by atoms with E-state index in [1.807, 2.05) is 0 Å². The van der Waals surface area contributed by atoms with E-state index in [9.17, 15) is 14.0 Å². The average Bonchev–Trinajstić information content (AvgIpc) is 2.50. The minimum absolute atomic E-state index is 0.146.